The Morgan fingerprint density at radius 1 is 1.00 bits per heavy atom. The Labute approximate surface area is 177 Å². The summed E-state index contributed by atoms with van der Waals surface area (Å²) in [5.74, 6) is 0. The van der Waals surface area contributed by atoms with Crippen LogP contribution < -0.4 is 0 Å². The fourth-order valence-corrected chi connectivity index (χ4v) is 5.14. The van der Waals surface area contributed by atoms with Crippen LogP contribution in [0.15, 0.2) is 66.1 Å². The first-order valence-corrected chi connectivity index (χ1v) is 11.2. The van der Waals surface area contributed by atoms with Gasteiger partial charge in [-0.2, -0.15) is 5.10 Å². The van der Waals surface area contributed by atoms with Crippen molar-refractivity contribution in [1.29, 1.82) is 0 Å². The van der Waals surface area contributed by atoms with Crippen molar-refractivity contribution in [2.45, 2.75) is 31.2 Å². The van der Waals surface area contributed by atoms with Crippen molar-refractivity contribution in [2.75, 3.05) is 0 Å². The molecule has 4 rings (SSSR count). The van der Waals surface area contributed by atoms with Crippen molar-refractivity contribution < 1.29 is 8.42 Å². The van der Waals surface area contributed by atoms with Crippen molar-refractivity contribution in [3.8, 4) is 11.1 Å². The van der Waals surface area contributed by atoms with Crippen LogP contribution in [0.2, 0.25) is 0 Å². The zero-order chi connectivity index (χ0) is 20.1. The van der Waals surface area contributed by atoms with E-state index < -0.39 is 10.0 Å². The van der Waals surface area contributed by atoms with Crippen LogP contribution in [0.3, 0.4) is 0 Å². The molecular weight excluding hydrogens is 487 g/mol. The Hall–Kier alpha value is -2.20. The van der Waals surface area contributed by atoms with Gasteiger partial charge in [-0.05, 0) is 61.6 Å². The van der Waals surface area contributed by atoms with Crippen LogP contribution in [0.1, 0.15) is 20.8 Å². The predicted octanol–water partition coefficient (Wildman–Crippen LogP) is 4.50. The third kappa shape index (κ3) is 3.24. The Morgan fingerprint density at radius 3 is 2.36 bits per heavy atom. The van der Waals surface area contributed by atoms with Crippen molar-refractivity contribution >= 4 is 43.6 Å². The van der Waals surface area contributed by atoms with Crippen LogP contribution >= 0.6 is 22.6 Å². The predicted molar refractivity (Wildman–Crippen MR) is 118 cm³/mol. The topological polar surface area (TPSA) is 69.8 Å². The first-order chi connectivity index (χ1) is 13.2. The fraction of sp³-hybridized carbons (Fsp3) is 0.200. The molecule has 0 unspecified atom stereocenters. The molecule has 0 saturated heterocycles. The van der Waals surface area contributed by atoms with Gasteiger partial charge in [0.1, 0.15) is 0 Å². The van der Waals surface area contributed by atoms with Gasteiger partial charge in [-0.3, -0.25) is 4.68 Å². The van der Waals surface area contributed by atoms with Gasteiger partial charge in [-0.25, -0.2) is 17.4 Å². The molecule has 0 fully saturated rings. The van der Waals surface area contributed by atoms with Crippen LogP contribution in [-0.4, -0.2) is 27.2 Å². The van der Waals surface area contributed by atoms with Crippen LogP contribution in [0, 0.1) is 3.57 Å². The second-order valence-electron chi connectivity index (χ2n) is 7.53. The first kappa shape index (κ1) is 19.1. The smallest absolute Gasteiger partial charge is 0.267 e. The molecule has 6 nitrogen and oxygen atoms in total. The highest BCUT2D eigenvalue weighted by atomic mass is 127. The van der Waals surface area contributed by atoms with Crippen molar-refractivity contribution in [3.63, 3.8) is 0 Å². The molecule has 1 aromatic carbocycles. The maximum atomic E-state index is 13.0. The van der Waals surface area contributed by atoms with Gasteiger partial charge in [0.05, 0.1) is 16.6 Å². The Balaban J connectivity index is 1.83. The van der Waals surface area contributed by atoms with Crippen LogP contribution in [-0.2, 0) is 15.6 Å². The molecule has 0 amide bonds. The summed E-state index contributed by atoms with van der Waals surface area (Å²) in [6.45, 7) is 6.26. The molecule has 3 heterocycles. The molecule has 0 aliphatic heterocycles. The van der Waals surface area contributed by atoms with Gasteiger partial charge in [0.2, 0.25) is 0 Å². The van der Waals surface area contributed by atoms with E-state index in [4.69, 9.17) is 0 Å². The number of aromatic nitrogens is 4. The lowest BCUT2D eigenvalue weighted by Gasteiger charge is -2.18. The Morgan fingerprint density at radius 2 is 1.71 bits per heavy atom. The second-order valence-corrected chi connectivity index (χ2v) is 10.5. The first-order valence-electron chi connectivity index (χ1n) is 8.71. The summed E-state index contributed by atoms with van der Waals surface area (Å²) in [4.78, 5) is 4.72. The molecular formula is C20H19IN4O2S. The van der Waals surface area contributed by atoms with Crippen molar-refractivity contribution in [3.05, 3.63) is 64.8 Å². The quantitative estimate of drug-likeness (QED) is 0.384. The maximum Gasteiger partial charge on any atom is 0.269 e. The number of pyridine rings is 1. The lowest BCUT2D eigenvalue weighted by molar-refractivity contribution is 0.355. The standard InChI is InChI=1S/C20H19IN4O2S/c1-20(2,3)25-12-15(11-23-25)14-9-17-18(21)13-24(19(17)22-10-14)28(26,27)16-7-5-4-6-8-16/h4-13H,1-3H3. The minimum atomic E-state index is -3.70. The summed E-state index contributed by atoms with van der Waals surface area (Å²) in [6.07, 6.45) is 7.09. The van der Waals surface area contributed by atoms with E-state index in [1.54, 1.807) is 48.9 Å². The third-order valence-electron chi connectivity index (χ3n) is 4.47. The van der Waals surface area contributed by atoms with Gasteiger partial charge < -0.3 is 0 Å². The van der Waals surface area contributed by atoms with Crippen LogP contribution in [0.25, 0.3) is 22.2 Å². The molecule has 0 radical (unpaired) electrons. The molecule has 28 heavy (non-hydrogen) atoms. The van der Waals surface area contributed by atoms with Gasteiger partial charge in [-0.15, -0.1) is 0 Å². The summed E-state index contributed by atoms with van der Waals surface area (Å²) >= 11 is 2.15. The molecule has 3 aromatic heterocycles. The van der Waals surface area contributed by atoms with E-state index in [1.807, 2.05) is 16.9 Å². The number of hydrogen-bond donors (Lipinski definition) is 0. The SMILES string of the molecule is CC(C)(C)n1cc(-c2cnc3c(c2)c(I)cn3S(=O)(=O)c2ccccc2)cn1. The second kappa shape index (κ2) is 6.70. The van der Waals surface area contributed by atoms with Gasteiger partial charge in [-0.1, -0.05) is 18.2 Å². The zero-order valence-corrected chi connectivity index (χ0v) is 18.6. The third-order valence-corrected chi connectivity index (χ3v) is 6.99. The highest BCUT2D eigenvalue weighted by Gasteiger charge is 2.22. The minimum absolute atomic E-state index is 0.114. The van der Waals surface area contributed by atoms with E-state index in [0.717, 1.165) is 20.1 Å². The van der Waals surface area contributed by atoms with Crippen molar-refractivity contribution in [1.82, 2.24) is 18.7 Å². The molecule has 0 aliphatic rings. The number of halogens is 1. The molecule has 0 saturated carbocycles. The summed E-state index contributed by atoms with van der Waals surface area (Å²) in [7, 11) is -3.70. The van der Waals surface area contributed by atoms with E-state index in [9.17, 15) is 8.42 Å². The zero-order valence-electron chi connectivity index (χ0n) is 15.7. The monoisotopic (exact) mass is 506 g/mol. The van der Waals surface area contributed by atoms with Gasteiger partial charge in [0.25, 0.3) is 10.0 Å². The van der Waals surface area contributed by atoms with E-state index in [-0.39, 0.29) is 10.4 Å². The molecule has 0 atom stereocenters. The lowest BCUT2D eigenvalue weighted by atomic mass is 10.1. The van der Waals surface area contributed by atoms with E-state index >= 15 is 0 Å². The Kier molecular flexibility index (Phi) is 4.58. The average molecular weight is 506 g/mol. The maximum absolute atomic E-state index is 13.0. The fourth-order valence-electron chi connectivity index (χ4n) is 2.93. The largest absolute Gasteiger partial charge is 0.269 e. The van der Waals surface area contributed by atoms with Crippen LogP contribution in [0.5, 0.6) is 0 Å². The molecule has 8 heteroatoms. The average Bonchev–Trinajstić information content (AvgIpc) is 3.28. The van der Waals surface area contributed by atoms with E-state index in [2.05, 4.69) is 53.4 Å². The highest BCUT2D eigenvalue weighted by Crippen LogP contribution is 2.30. The summed E-state index contributed by atoms with van der Waals surface area (Å²) in [6, 6.07) is 10.3. The van der Waals surface area contributed by atoms with Crippen LogP contribution in [0.4, 0.5) is 0 Å². The summed E-state index contributed by atoms with van der Waals surface area (Å²) < 4.78 is 30.1. The molecule has 0 aliphatic carbocycles. The van der Waals surface area contributed by atoms with E-state index in [0.29, 0.717) is 5.65 Å². The van der Waals surface area contributed by atoms with Crippen molar-refractivity contribution in [2.24, 2.45) is 0 Å². The summed E-state index contributed by atoms with van der Waals surface area (Å²) in [5.41, 5.74) is 2.15. The highest BCUT2D eigenvalue weighted by molar-refractivity contribution is 14.1. The number of nitrogens with zero attached hydrogens (tertiary/aromatic N) is 4. The van der Waals surface area contributed by atoms with Gasteiger partial charge in [0, 0.05) is 38.7 Å². The summed E-state index contributed by atoms with van der Waals surface area (Å²) in [5, 5.41) is 5.23. The van der Waals surface area contributed by atoms with Gasteiger partial charge in [0.15, 0.2) is 5.65 Å². The minimum Gasteiger partial charge on any atom is -0.267 e. The normalized spacial score (nSPS) is 12.6. The molecule has 0 N–H and O–H groups in total. The number of fused-ring (bicyclic) bond motifs is 1. The number of benzene rings is 1. The van der Waals surface area contributed by atoms with E-state index in [1.165, 1.54) is 3.97 Å². The molecule has 0 bridgehead atoms. The molecule has 144 valence electrons. The molecule has 0 spiro atoms. The molecule has 4 aromatic rings. The number of hydrogen-bond acceptors (Lipinski definition) is 4. The van der Waals surface area contributed by atoms with Gasteiger partial charge >= 0.3 is 0 Å². The number of rotatable bonds is 3. The Bertz CT molecular complexity index is 1270. The lowest BCUT2D eigenvalue weighted by Crippen LogP contribution is -2.21.